The molecule has 0 bridgehead atoms. The lowest BCUT2D eigenvalue weighted by Crippen LogP contribution is -2.36. The fourth-order valence-electron chi connectivity index (χ4n) is 4.11. The van der Waals surface area contributed by atoms with E-state index in [0.717, 1.165) is 23.6 Å². The molecule has 0 spiro atoms. The first kappa shape index (κ1) is 35.1. The molecule has 0 saturated heterocycles. The summed E-state index contributed by atoms with van der Waals surface area (Å²) in [6, 6.07) is 11.0. The van der Waals surface area contributed by atoms with Gasteiger partial charge < -0.3 is 42.0 Å². The van der Waals surface area contributed by atoms with Gasteiger partial charge in [0, 0.05) is 44.2 Å². The van der Waals surface area contributed by atoms with Crippen molar-refractivity contribution in [2.75, 3.05) is 43.4 Å². The summed E-state index contributed by atoms with van der Waals surface area (Å²) in [5.74, 6) is -1.13. The Morgan fingerprint density at radius 2 is 2.02 bits per heavy atom. The molecule has 1 aromatic heterocycles. The molecular formula is C30H39FN8O5. The number of hydrazone groups is 1. The van der Waals surface area contributed by atoms with Crippen LogP contribution in [0.25, 0.3) is 0 Å². The van der Waals surface area contributed by atoms with Gasteiger partial charge in [-0.05, 0) is 60.5 Å². The van der Waals surface area contributed by atoms with Gasteiger partial charge >= 0.3 is 0 Å². The van der Waals surface area contributed by atoms with E-state index >= 15 is 4.39 Å². The number of aromatic nitrogens is 1. The molecule has 0 aliphatic heterocycles. The summed E-state index contributed by atoms with van der Waals surface area (Å²) in [6.45, 7) is 3.13. The van der Waals surface area contributed by atoms with Crippen LogP contribution in [0.4, 0.5) is 21.6 Å². The second-order valence-electron chi connectivity index (χ2n) is 9.29. The summed E-state index contributed by atoms with van der Waals surface area (Å²) in [6.07, 6.45) is 3.85. The van der Waals surface area contributed by atoms with Gasteiger partial charge in [-0.1, -0.05) is 19.1 Å². The molecule has 1 amide bonds. The molecular weight excluding hydrogens is 571 g/mol. The Morgan fingerprint density at radius 1 is 1.30 bits per heavy atom. The fourth-order valence-corrected chi connectivity index (χ4v) is 4.11. The number of pyridine rings is 1. The van der Waals surface area contributed by atoms with Crippen molar-refractivity contribution in [3.63, 3.8) is 0 Å². The molecule has 3 aromatic rings. The number of aryl methyl sites for hydroxylation is 1. The highest BCUT2D eigenvalue weighted by Crippen LogP contribution is 2.32. The molecule has 3 rings (SSSR count). The number of carbonyl (C=O) groups is 2. The van der Waals surface area contributed by atoms with Crippen LogP contribution in [-0.2, 0) is 22.6 Å². The van der Waals surface area contributed by atoms with Crippen molar-refractivity contribution in [1.29, 1.82) is 5.41 Å². The Hall–Kier alpha value is -5.08. The molecule has 0 radical (unpaired) electrons. The Kier molecular flexibility index (Phi) is 14.2. The summed E-state index contributed by atoms with van der Waals surface area (Å²) >= 11 is 0. The van der Waals surface area contributed by atoms with Crippen molar-refractivity contribution in [1.82, 2.24) is 15.6 Å². The molecule has 0 saturated carbocycles. The largest absolute Gasteiger partial charge is 0.488 e. The molecule has 44 heavy (non-hydrogen) atoms. The number of nitrogens with zero attached hydrogens (tertiary/aromatic N) is 3. The van der Waals surface area contributed by atoms with E-state index in [1.165, 1.54) is 11.2 Å². The van der Waals surface area contributed by atoms with E-state index in [2.05, 4.69) is 26.0 Å². The quantitative estimate of drug-likeness (QED) is 0.0616. The van der Waals surface area contributed by atoms with Gasteiger partial charge in [0.1, 0.15) is 12.6 Å². The molecule has 2 aromatic carbocycles. The van der Waals surface area contributed by atoms with Crippen molar-refractivity contribution in [3.8, 4) is 5.75 Å². The highest BCUT2D eigenvalue weighted by Gasteiger charge is 2.27. The molecule has 13 nitrogen and oxygen atoms in total. The van der Waals surface area contributed by atoms with Gasteiger partial charge in [-0.15, -0.1) is 0 Å². The maximum absolute atomic E-state index is 16.0. The van der Waals surface area contributed by atoms with E-state index in [9.17, 15) is 9.90 Å². The Balaban J connectivity index is 0.00000159. The zero-order valence-corrected chi connectivity index (χ0v) is 25.1. The number of nitrogens with two attached hydrogens (primary N) is 1. The number of benzene rings is 2. The number of halogens is 1. The Morgan fingerprint density at radius 3 is 2.61 bits per heavy atom. The number of carbonyl (C=O) groups excluding carboxylic acids is 1. The highest BCUT2D eigenvalue weighted by molar-refractivity contribution is 5.98. The minimum absolute atomic E-state index is 0.0296. The molecule has 1 atom stereocenters. The standard InChI is InChI=1S/C28H35FN8O3.C2H4O2/c1-4-18-12-22(25(29)24(13-18)40-11-10-38)26(35-21-8-7-19(15-30)20(14-21)16-32-2)27(34-17-39)36-37(3)28-23(31)6-5-9-33-28;1-2(3)4/h5-9,12-15,17,26,30,32,35,38H,4,10-11,16,31H2,1-3H3,(H,34,36,39);1H3,(H,3,4). The maximum Gasteiger partial charge on any atom is 0.300 e. The summed E-state index contributed by atoms with van der Waals surface area (Å²) in [5, 5.41) is 39.3. The predicted octanol–water partition coefficient (Wildman–Crippen LogP) is 2.89. The predicted molar refractivity (Wildman–Crippen MR) is 169 cm³/mol. The average molecular weight is 611 g/mol. The molecule has 0 aliphatic rings. The average Bonchev–Trinajstić information content (AvgIpc) is 2.99. The molecule has 8 N–H and O–H groups in total. The van der Waals surface area contributed by atoms with Crippen molar-refractivity contribution >= 4 is 41.6 Å². The van der Waals surface area contributed by atoms with Crippen LogP contribution >= 0.6 is 0 Å². The number of ether oxygens (including phenoxy) is 1. The van der Waals surface area contributed by atoms with Crippen molar-refractivity contribution < 1.29 is 28.9 Å². The monoisotopic (exact) mass is 610 g/mol. The Bertz CT molecular complexity index is 1450. The van der Waals surface area contributed by atoms with Gasteiger partial charge in [-0.3, -0.25) is 9.59 Å². The minimum Gasteiger partial charge on any atom is -0.488 e. The van der Waals surface area contributed by atoms with Gasteiger partial charge in [0.15, 0.2) is 23.2 Å². The topological polar surface area (TPSA) is 198 Å². The van der Waals surface area contributed by atoms with E-state index in [1.54, 1.807) is 56.7 Å². The van der Waals surface area contributed by atoms with Crippen LogP contribution in [-0.4, -0.2) is 66.9 Å². The SMILES string of the molecule is CC(=O)O.CCc1cc(OCCO)c(F)c(C(Nc2ccc(C=N)c(CNC)c2)/C(=N/N(C)c2ncccc2N)NC=O)c1. The number of hydrogen-bond donors (Lipinski definition) is 7. The number of aliphatic hydroxyl groups excluding tert-OH is 1. The number of nitrogens with one attached hydrogen (secondary N) is 4. The van der Waals surface area contributed by atoms with E-state index in [0.29, 0.717) is 36.6 Å². The first-order valence-electron chi connectivity index (χ1n) is 13.6. The molecule has 0 fully saturated rings. The number of aliphatic hydroxyl groups is 1. The van der Waals surface area contributed by atoms with E-state index in [4.69, 9.17) is 25.8 Å². The zero-order chi connectivity index (χ0) is 32.6. The lowest BCUT2D eigenvalue weighted by molar-refractivity contribution is -0.134. The molecule has 1 unspecified atom stereocenters. The third kappa shape index (κ3) is 10.0. The molecule has 0 aliphatic carbocycles. The number of hydrogen-bond acceptors (Lipinski definition) is 11. The number of carboxylic acids is 1. The summed E-state index contributed by atoms with van der Waals surface area (Å²) in [4.78, 5) is 25.0. The van der Waals surface area contributed by atoms with Crippen LogP contribution in [0, 0.1) is 11.2 Å². The van der Waals surface area contributed by atoms with Gasteiger partial charge in [0.2, 0.25) is 6.41 Å². The third-order valence-electron chi connectivity index (χ3n) is 6.03. The van der Waals surface area contributed by atoms with Crippen molar-refractivity contribution in [2.24, 2.45) is 5.10 Å². The summed E-state index contributed by atoms with van der Waals surface area (Å²) in [7, 11) is 3.41. The van der Waals surface area contributed by atoms with E-state index in [-0.39, 0.29) is 30.4 Å². The van der Waals surface area contributed by atoms with Crippen LogP contribution < -0.4 is 31.4 Å². The van der Waals surface area contributed by atoms with Crippen LogP contribution in [0.3, 0.4) is 0 Å². The van der Waals surface area contributed by atoms with Crippen LogP contribution in [0.2, 0.25) is 0 Å². The molecule has 14 heteroatoms. The van der Waals surface area contributed by atoms with Crippen LogP contribution in [0.1, 0.15) is 42.1 Å². The number of amidine groups is 1. The number of anilines is 3. The summed E-state index contributed by atoms with van der Waals surface area (Å²) < 4.78 is 21.5. The second kappa shape index (κ2) is 17.8. The number of aliphatic carboxylic acids is 1. The van der Waals surface area contributed by atoms with Gasteiger partial charge in [0.05, 0.1) is 12.3 Å². The number of rotatable bonds is 14. The first-order valence-corrected chi connectivity index (χ1v) is 13.6. The minimum atomic E-state index is -1.01. The van der Waals surface area contributed by atoms with Gasteiger partial charge in [-0.2, -0.15) is 5.10 Å². The van der Waals surface area contributed by atoms with Crippen LogP contribution in [0.5, 0.6) is 5.75 Å². The maximum atomic E-state index is 16.0. The van der Waals surface area contributed by atoms with E-state index < -0.39 is 17.8 Å². The summed E-state index contributed by atoms with van der Waals surface area (Å²) in [5.41, 5.74) is 9.55. The zero-order valence-electron chi connectivity index (χ0n) is 25.1. The van der Waals surface area contributed by atoms with Crippen molar-refractivity contribution in [3.05, 3.63) is 76.7 Å². The second-order valence-corrected chi connectivity index (χ2v) is 9.29. The highest BCUT2D eigenvalue weighted by atomic mass is 19.1. The normalized spacial score (nSPS) is 11.5. The first-order chi connectivity index (χ1) is 21.1. The Labute approximate surface area is 255 Å². The van der Waals surface area contributed by atoms with E-state index in [1.807, 2.05) is 13.0 Å². The number of amides is 1. The lowest BCUT2D eigenvalue weighted by atomic mass is 9.99. The lowest BCUT2D eigenvalue weighted by Gasteiger charge is -2.26. The molecule has 1 heterocycles. The molecule has 236 valence electrons. The smallest absolute Gasteiger partial charge is 0.300 e. The number of carboxylic acid groups (broad SMARTS) is 1. The van der Waals surface area contributed by atoms with Crippen LogP contribution in [0.15, 0.2) is 53.8 Å². The number of nitrogen functional groups attached to an aromatic ring is 1. The van der Waals surface area contributed by atoms with Crippen molar-refractivity contribution in [2.45, 2.75) is 32.9 Å². The van der Waals surface area contributed by atoms with Gasteiger partial charge in [0.25, 0.3) is 5.97 Å². The third-order valence-corrected chi connectivity index (χ3v) is 6.03. The fraction of sp³-hybridized carbons (Fsp3) is 0.300. The van der Waals surface area contributed by atoms with Gasteiger partial charge in [-0.25, -0.2) is 14.4 Å².